The second-order valence-electron chi connectivity index (χ2n) is 9.91. The number of rotatable bonds is 9. The molecule has 0 radical (unpaired) electrons. The predicted octanol–water partition coefficient (Wildman–Crippen LogP) is 3.48. The summed E-state index contributed by atoms with van der Waals surface area (Å²) in [5, 5.41) is 7.79. The third-order valence-corrected chi connectivity index (χ3v) is 6.58. The van der Waals surface area contributed by atoms with Crippen molar-refractivity contribution in [2.75, 3.05) is 26.1 Å². The van der Waals surface area contributed by atoms with E-state index in [0.717, 1.165) is 33.9 Å². The molecule has 2 aliphatic heterocycles. The Morgan fingerprint density at radius 2 is 1.89 bits per heavy atom. The van der Waals surface area contributed by atoms with Crippen molar-refractivity contribution in [2.24, 2.45) is 0 Å². The lowest BCUT2D eigenvalue weighted by Crippen LogP contribution is -2.39. The van der Waals surface area contributed by atoms with Crippen LogP contribution in [0.25, 0.3) is 11.0 Å². The van der Waals surface area contributed by atoms with Crippen LogP contribution in [0.15, 0.2) is 36.8 Å². The first-order valence-electron chi connectivity index (χ1n) is 12.3. The van der Waals surface area contributed by atoms with Crippen LogP contribution in [0.4, 0.5) is 5.82 Å². The Balaban J connectivity index is 1.39. The Kier molecular flexibility index (Phi) is 6.78. The molecule has 4 atom stereocenters. The molecular formula is C26H35N5O5. The average molecular weight is 498 g/mol. The smallest absolute Gasteiger partial charge is 0.164 e. The second-order valence-corrected chi connectivity index (χ2v) is 9.91. The zero-order chi connectivity index (χ0) is 25.4. The molecule has 4 heterocycles. The van der Waals surface area contributed by atoms with Crippen LogP contribution < -0.4 is 20.1 Å². The van der Waals surface area contributed by atoms with Gasteiger partial charge in [-0.15, -0.1) is 0 Å². The minimum absolute atomic E-state index is 0.136. The van der Waals surface area contributed by atoms with Gasteiger partial charge in [-0.3, -0.25) is 0 Å². The standard InChI is InChI=1S/C26H35N5O5/c1-15(2)27-13-20-21-22(36-26(3,4)35-21)25(34-20)31-10-9-18-23(29-14-30-24(18)31)28-12-16-7-8-17(32-5)11-19(16)33-6/h7-11,14-15,20-22,25,27H,12-13H2,1-6H3,(H,28,29,30)/t20-,21-,22+,25-/m1/s1. The molecule has 0 amide bonds. The van der Waals surface area contributed by atoms with Crippen LogP contribution >= 0.6 is 0 Å². The molecule has 0 aliphatic carbocycles. The van der Waals surface area contributed by atoms with E-state index in [9.17, 15) is 0 Å². The van der Waals surface area contributed by atoms with Crippen molar-refractivity contribution in [3.8, 4) is 11.5 Å². The molecule has 0 unspecified atom stereocenters. The average Bonchev–Trinajstić information content (AvgIpc) is 3.52. The molecule has 10 heteroatoms. The van der Waals surface area contributed by atoms with E-state index < -0.39 is 5.79 Å². The first kappa shape index (κ1) is 24.8. The van der Waals surface area contributed by atoms with E-state index in [4.69, 9.17) is 23.7 Å². The van der Waals surface area contributed by atoms with Gasteiger partial charge in [-0.2, -0.15) is 0 Å². The van der Waals surface area contributed by atoms with Gasteiger partial charge in [0.1, 0.15) is 47.6 Å². The maximum absolute atomic E-state index is 6.49. The van der Waals surface area contributed by atoms with Gasteiger partial charge in [0.25, 0.3) is 0 Å². The molecule has 194 valence electrons. The lowest BCUT2D eigenvalue weighted by molar-refractivity contribution is -0.195. The first-order valence-corrected chi connectivity index (χ1v) is 12.3. The fraction of sp³-hybridized carbons (Fsp3) is 0.538. The lowest BCUT2D eigenvalue weighted by Gasteiger charge is -2.25. The lowest BCUT2D eigenvalue weighted by atomic mass is 10.1. The molecular weight excluding hydrogens is 462 g/mol. The quantitative estimate of drug-likeness (QED) is 0.460. The number of aromatic nitrogens is 3. The highest BCUT2D eigenvalue weighted by Crippen LogP contribution is 2.44. The first-order chi connectivity index (χ1) is 17.3. The van der Waals surface area contributed by atoms with Crippen LogP contribution in [0.1, 0.15) is 39.5 Å². The van der Waals surface area contributed by atoms with Crippen LogP contribution in [0, 0.1) is 0 Å². The van der Waals surface area contributed by atoms with Crippen LogP contribution in [0.5, 0.6) is 11.5 Å². The van der Waals surface area contributed by atoms with Crippen molar-refractivity contribution in [2.45, 2.75) is 70.6 Å². The Bertz CT molecular complexity index is 1210. The molecule has 5 rings (SSSR count). The van der Waals surface area contributed by atoms with Crippen molar-refractivity contribution in [3.63, 3.8) is 0 Å². The van der Waals surface area contributed by atoms with E-state index in [2.05, 4.69) is 34.4 Å². The van der Waals surface area contributed by atoms with Gasteiger partial charge in [0.05, 0.1) is 19.6 Å². The fourth-order valence-corrected chi connectivity index (χ4v) is 4.89. The fourth-order valence-electron chi connectivity index (χ4n) is 4.89. The molecule has 0 saturated carbocycles. The van der Waals surface area contributed by atoms with E-state index in [-0.39, 0.29) is 24.5 Å². The van der Waals surface area contributed by atoms with Crippen molar-refractivity contribution in [3.05, 3.63) is 42.4 Å². The molecule has 36 heavy (non-hydrogen) atoms. The molecule has 0 spiro atoms. The predicted molar refractivity (Wildman–Crippen MR) is 135 cm³/mol. The van der Waals surface area contributed by atoms with E-state index >= 15 is 0 Å². The number of nitrogens with one attached hydrogen (secondary N) is 2. The van der Waals surface area contributed by atoms with Gasteiger partial charge in [0.15, 0.2) is 12.0 Å². The molecule has 2 fully saturated rings. The molecule has 3 aromatic rings. The summed E-state index contributed by atoms with van der Waals surface area (Å²) in [7, 11) is 3.29. The summed E-state index contributed by atoms with van der Waals surface area (Å²) in [6.07, 6.45) is 2.63. The normalized spacial score (nSPS) is 24.9. The SMILES string of the molecule is COc1ccc(CNc2ncnc3c2ccn3[C@@H]2O[C@H](CNC(C)C)[C@H]3OC(C)(C)O[C@@H]32)c(OC)c1. The molecule has 2 aromatic heterocycles. The van der Waals surface area contributed by atoms with Gasteiger partial charge in [0, 0.05) is 37.0 Å². The summed E-state index contributed by atoms with van der Waals surface area (Å²) in [4.78, 5) is 9.08. The van der Waals surface area contributed by atoms with Crippen molar-refractivity contribution in [1.82, 2.24) is 19.9 Å². The number of nitrogens with zero attached hydrogens (tertiary/aromatic N) is 3. The summed E-state index contributed by atoms with van der Waals surface area (Å²) >= 11 is 0. The highest BCUT2D eigenvalue weighted by molar-refractivity contribution is 5.87. The molecule has 0 bridgehead atoms. The Morgan fingerprint density at radius 1 is 1.08 bits per heavy atom. The zero-order valence-corrected chi connectivity index (χ0v) is 21.6. The van der Waals surface area contributed by atoms with Crippen molar-refractivity contribution >= 4 is 16.9 Å². The number of methoxy groups -OCH3 is 2. The number of anilines is 1. The van der Waals surface area contributed by atoms with Gasteiger partial charge in [-0.1, -0.05) is 13.8 Å². The number of hydrogen-bond donors (Lipinski definition) is 2. The molecule has 2 saturated heterocycles. The third kappa shape index (κ3) is 4.73. The highest BCUT2D eigenvalue weighted by Gasteiger charge is 2.55. The summed E-state index contributed by atoms with van der Waals surface area (Å²) < 4.78 is 31.9. The zero-order valence-electron chi connectivity index (χ0n) is 21.6. The number of hydrogen-bond acceptors (Lipinski definition) is 9. The molecule has 10 nitrogen and oxygen atoms in total. The number of benzene rings is 1. The van der Waals surface area contributed by atoms with Gasteiger partial charge in [-0.05, 0) is 32.0 Å². The Hall–Kier alpha value is -2.92. The summed E-state index contributed by atoms with van der Waals surface area (Å²) in [6, 6.07) is 8.11. The summed E-state index contributed by atoms with van der Waals surface area (Å²) in [5.41, 5.74) is 1.76. The molecule has 1 aromatic carbocycles. The topological polar surface area (TPSA) is 101 Å². The maximum Gasteiger partial charge on any atom is 0.164 e. The van der Waals surface area contributed by atoms with Crippen LogP contribution in [0.3, 0.4) is 0 Å². The molecule has 2 aliphatic rings. The summed E-state index contributed by atoms with van der Waals surface area (Å²) in [6.45, 7) is 9.34. The third-order valence-electron chi connectivity index (χ3n) is 6.58. The van der Waals surface area contributed by atoms with E-state index in [0.29, 0.717) is 19.1 Å². The van der Waals surface area contributed by atoms with Gasteiger partial charge >= 0.3 is 0 Å². The monoisotopic (exact) mass is 497 g/mol. The van der Waals surface area contributed by atoms with Crippen LogP contribution in [0.2, 0.25) is 0 Å². The van der Waals surface area contributed by atoms with Crippen molar-refractivity contribution in [1.29, 1.82) is 0 Å². The highest BCUT2D eigenvalue weighted by atomic mass is 16.8. The van der Waals surface area contributed by atoms with E-state index in [1.54, 1.807) is 20.5 Å². The van der Waals surface area contributed by atoms with Crippen molar-refractivity contribution < 1.29 is 23.7 Å². The second kappa shape index (κ2) is 9.85. The summed E-state index contributed by atoms with van der Waals surface area (Å²) in [5.74, 6) is 1.55. The Labute approximate surface area is 211 Å². The van der Waals surface area contributed by atoms with Crippen LogP contribution in [-0.2, 0) is 20.8 Å². The Morgan fingerprint density at radius 3 is 2.64 bits per heavy atom. The van der Waals surface area contributed by atoms with E-state index in [1.807, 2.05) is 48.9 Å². The molecule has 2 N–H and O–H groups in total. The number of fused-ring (bicyclic) bond motifs is 2. The largest absolute Gasteiger partial charge is 0.497 e. The van der Waals surface area contributed by atoms with E-state index in [1.165, 1.54) is 0 Å². The minimum atomic E-state index is -0.671. The van der Waals surface area contributed by atoms with Gasteiger partial charge < -0.3 is 38.9 Å². The number of ether oxygens (including phenoxy) is 5. The minimum Gasteiger partial charge on any atom is -0.497 e. The van der Waals surface area contributed by atoms with Gasteiger partial charge in [0.2, 0.25) is 0 Å². The van der Waals surface area contributed by atoms with Gasteiger partial charge in [-0.25, -0.2) is 9.97 Å². The van der Waals surface area contributed by atoms with Crippen LogP contribution in [-0.4, -0.2) is 65.4 Å². The maximum atomic E-state index is 6.49.